The zero-order valence-electron chi connectivity index (χ0n) is 11.2. The van der Waals surface area contributed by atoms with Gasteiger partial charge in [0.25, 0.3) is 0 Å². The zero-order chi connectivity index (χ0) is 13.4. The summed E-state index contributed by atoms with van der Waals surface area (Å²) >= 11 is 1.83. The molecule has 0 heterocycles. The highest BCUT2D eigenvalue weighted by Gasteiger charge is 2.03. The number of amides is 1. The number of thioether (sulfide) groups is 1. The van der Waals surface area contributed by atoms with Crippen molar-refractivity contribution in [2.45, 2.75) is 30.4 Å². The Balaban J connectivity index is 2.40. The fourth-order valence-electron chi connectivity index (χ4n) is 1.50. The van der Waals surface area contributed by atoms with Crippen LogP contribution >= 0.6 is 11.8 Å². The normalized spacial score (nSPS) is 10.7. The van der Waals surface area contributed by atoms with Crippen LogP contribution < -0.4 is 5.32 Å². The largest absolute Gasteiger partial charge is 0.383 e. The molecule has 100 valence electrons. The first-order chi connectivity index (χ1) is 8.61. The number of carbonyl (C=O) groups excluding carboxylic acids is 1. The molecule has 0 fully saturated rings. The number of benzene rings is 1. The van der Waals surface area contributed by atoms with Crippen molar-refractivity contribution < 1.29 is 9.53 Å². The Bertz CT molecular complexity index is 363. The van der Waals surface area contributed by atoms with E-state index < -0.39 is 0 Å². The first-order valence-corrected chi connectivity index (χ1v) is 7.01. The van der Waals surface area contributed by atoms with Gasteiger partial charge in [-0.25, -0.2) is 0 Å². The van der Waals surface area contributed by atoms with Gasteiger partial charge in [-0.15, -0.1) is 11.8 Å². The van der Waals surface area contributed by atoms with Crippen LogP contribution in [0.2, 0.25) is 0 Å². The molecule has 1 amide bonds. The number of ether oxygens (including phenoxy) is 1. The summed E-state index contributed by atoms with van der Waals surface area (Å²) < 4.78 is 4.88. The summed E-state index contributed by atoms with van der Waals surface area (Å²) in [4.78, 5) is 12.8. The molecular weight excluding hydrogens is 246 g/mol. The van der Waals surface area contributed by atoms with Gasteiger partial charge in [0.05, 0.1) is 13.0 Å². The molecule has 1 rings (SSSR count). The molecule has 0 aliphatic carbocycles. The van der Waals surface area contributed by atoms with Crippen molar-refractivity contribution >= 4 is 17.7 Å². The summed E-state index contributed by atoms with van der Waals surface area (Å²) in [5, 5.41) is 3.39. The number of methoxy groups -OCH3 is 1. The van der Waals surface area contributed by atoms with Crippen molar-refractivity contribution in [2.75, 3.05) is 20.3 Å². The molecule has 1 aromatic rings. The summed E-state index contributed by atoms with van der Waals surface area (Å²) in [6, 6.07) is 8.17. The molecule has 18 heavy (non-hydrogen) atoms. The third kappa shape index (κ3) is 6.07. The smallest absolute Gasteiger partial charge is 0.224 e. The monoisotopic (exact) mass is 267 g/mol. The van der Waals surface area contributed by atoms with E-state index in [4.69, 9.17) is 4.74 Å². The highest BCUT2D eigenvalue weighted by atomic mass is 32.2. The Morgan fingerprint density at radius 1 is 1.33 bits per heavy atom. The topological polar surface area (TPSA) is 38.3 Å². The summed E-state index contributed by atoms with van der Waals surface area (Å²) in [7, 11) is 1.62. The SMILES string of the molecule is COCCNC(=O)Cc1ccc(SC(C)C)cc1. The van der Waals surface area contributed by atoms with Gasteiger partial charge in [-0.1, -0.05) is 26.0 Å². The van der Waals surface area contributed by atoms with Crippen LogP contribution in [0.25, 0.3) is 0 Å². The summed E-state index contributed by atoms with van der Waals surface area (Å²) in [6.07, 6.45) is 0.427. The summed E-state index contributed by atoms with van der Waals surface area (Å²) in [6.45, 7) is 5.45. The van der Waals surface area contributed by atoms with Crippen LogP contribution in [0, 0.1) is 0 Å². The Labute approximate surface area is 113 Å². The van der Waals surface area contributed by atoms with Crippen LogP contribution in [0.4, 0.5) is 0 Å². The second-order valence-electron chi connectivity index (χ2n) is 4.33. The van der Waals surface area contributed by atoms with Crippen LogP contribution in [0.15, 0.2) is 29.2 Å². The van der Waals surface area contributed by atoms with Gasteiger partial charge in [0.15, 0.2) is 0 Å². The molecule has 0 bridgehead atoms. The molecule has 0 aromatic heterocycles. The van der Waals surface area contributed by atoms with Crippen molar-refractivity contribution in [3.05, 3.63) is 29.8 Å². The molecule has 0 aliphatic heterocycles. The Kier molecular flexibility index (Phi) is 6.83. The number of nitrogens with one attached hydrogen (secondary N) is 1. The third-order valence-electron chi connectivity index (χ3n) is 2.29. The van der Waals surface area contributed by atoms with Gasteiger partial charge in [-0.2, -0.15) is 0 Å². The second kappa shape index (κ2) is 8.16. The van der Waals surface area contributed by atoms with Gasteiger partial charge >= 0.3 is 0 Å². The zero-order valence-corrected chi connectivity index (χ0v) is 12.0. The fourth-order valence-corrected chi connectivity index (χ4v) is 2.34. The fraction of sp³-hybridized carbons (Fsp3) is 0.500. The van der Waals surface area contributed by atoms with Crippen LogP contribution in [-0.4, -0.2) is 31.4 Å². The lowest BCUT2D eigenvalue weighted by molar-refractivity contribution is -0.120. The molecule has 4 heteroatoms. The molecule has 0 spiro atoms. The van der Waals surface area contributed by atoms with E-state index in [0.717, 1.165) is 5.56 Å². The Morgan fingerprint density at radius 2 is 2.00 bits per heavy atom. The van der Waals surface area contributed by atoms with E-state index in [1.165, 1.54) is 4.90 Å². The van der Waals surface area contributed by atoms with Crippen molar-refractivity contribution in [2.24, 2.45) is 0 Å². The first kappa shape index (κ1) is 15.1. The van der Waals surface area contributed by atoms with Gasteiger partial charge in [0.1, 0.15) is 0 Å². The molecule has 0 atom stereocenters. The van der Waals surface area contributed by atoms with Crippen LogP contribution in [-0.2, 0) is 16.0 Å². The Morgan fingerprint density at radius 3 is 2.56 bits per heavy atom. The van der Waals surface area contributed by atoms with Crippen LogP contribution in [0.3, 0.4) is 0 Å². The lowest BCUT2D eigenvalue weighted by Gasteiger charge is -2.07. The van der Waals surface area contributed by atoms with E-state index in [1.807, 2.05) is 23.9 Å². The Hall–Kier alpha value is -1.00. The molecule has 0 radical (unpaired) electrons. The van der Waals surface area contributed by atoms with Gasteiger partial charge in [0, 0.05) is 23.8 Å². The number of carbonyl (C=O) groups is 1. The highest BCUT2D eigenvalue weighted by Crippen LogP contribution is 2.22. The molecule has 0 saturated carbocycles. The lowest BCUT2D eigenvalue weighted by atomic mass is 10.1. The van der Waals surface area contributed by atoms with Gasteiger partial charge in [-0.05, 0) is 17.7 Å². The molecule has 1 aromatic carbocycles. The third-order valence-corrected chi connectivity index (χ3v) is 3.30. The van der Waals surface area contributed by atoms with E-state index in [9.17, 15) is 4.79 Å². The van der Waals surface area contributed by atoms with Crippen LogP contribution in [0.1, 0.15) is 19.4 Å². The van der Waals surface area contributed by atoms with Crippen LogP contribution in [0.5, 0.6) is 0 Å². The second-order valence-corrected chi connectivity index (χ2v) is 5.98. The minimum atomic E-state index is 0.0383. The predicted octanol–water partition coefficient (Wildman–Crippen LogP) is 2.49. The van der Waals surface area contributed by atoms with E-state index in [0.29, 0.717) is 24.8 Å². The minimum Gasteiger partial charge on any atom is -0.383 e. The maximum atomic E-state index is 11.6. The number of hydrogen-bond acceptors (Lipinski definition) is 3. The minimum absolute atomic E-state index is 0.0383. The highest BCUT2D eigenvalue weighted by molar-refractivity contribution is 7.99. The van der Waals surface area contributed by atoms with E-state index in [-0.39, 0.29) is 5.91 Å². The maximum absolute atomic E-state index is 11.6. The lowest BCUT2D eigenvalue weighted by Crippen LogP contribution is -2.28. The van der Waals surface area contributed by atoms with E-state index >= 15 is 0 Å². The maximum Gasteiger partial charge on any atom is 0.224 e. The number of hydrogen-bond donors (Lipinski definition) is 1. The summed E-state index contributed by atoms with van der Waals surface area (Å²) in [5.74, 6) is 0.0383. The van der Waals surface area contributed by atoms with E-state index in [2.05, 4.69) is 31.3 Å². The van der Waals surface area contributed by atoms with Crippen molar-refractivity contribution in [3.8, 4) is 0 Å². The van der Waals surface area contributed by atoms with Gasteiger partial charge < -0.3 is 10.1 Å². The summed E-state index contributed by atoms with van der Waals surface area (Å²) in [5.41, 5.74) is 1.04. The average molecular weight is 267 g/mol. The van der Waals surface area contributed by atoms with Gasteiger partial charge in [-0.3, -0.25) is 4.79 Å². The van der Waals surface area contributed by atoms with Crippen molar-refractivity contribution in [3.63, 3.8) is 0 Å². The van der Waals surface area contributed by atoms with E-state index in [1.54, 1.807) is 7.11 Å². The van der Waals surface area contributed by atoms with Crippen molar-refractivity contribution in [1.29, 1.82) is 0 Å². The molecule has 0 saturated heterocycles. The van der Waals surface area contributed by atoms with Crippen molar-refractivity contribution in [1.82, 2.24) is 5.32 Å². The number of rotatable bonds is 7. The van der Waals surface area contributed by atoms with Gasteiger partial charge in [0.2, 0.25) is 5.91 Å². The predicted molar refractivity (Wildman–Crippen MR) is 76.0 cm³/mol. The molecule has 1 N–H and O–H groups in total. The standard InChI is InChI=1S/C14H21NO2S/c1-11(2)18-13-6-4-12(5-7-13)10-14(16)15-8-9-17-3/h4-7,11H,8-10H2,1-3H3,(H,15,16). The molecule has 0 unspecified atom stereocenters. The average Bonchev–Trinajstić information content (AvgIpc) is 2.31. The molecular formula is C14H21NO2S. The quantitative estimate of drug-likeness (QED) is 0.609. The molecule has 0 aliphatic rings. The molecule has 3 nitrogen and oxygen atoms in total. The first-order valence-electron chi connectivity index (χ1n) is 6.13.